The van der Waals surface area contributed by atoms with Crippen molar-refractivity contribution in [3.8, 4) is 0 Å². The highest BCUT2D eigenvalue weighted by atomic mass is 16.3. The van der Waals surface area contributed by atoms with Gasteiger partial charge in [-0.15, -0.1) is 10.2 Å². The van der Waals surface area contributed by atoms with E-state index >= 15 is 0 Å². The number of nitrogens with one attached hydrogen (secondary N) is 1. The van der Waals surface area contributed by atoms with Gasteiger partial charge in [0.15, 0.2) is 5.76 Å². The number of carbonyl (C=O) groups excluding carboxylic acids is 1. The second-order valence-corrected chi connectivity index (χ2v) is 6.26. The third-order valence-corrected chi connectivity index (χ3v) is 4.72. The molecule has 1 aliphatic rings. The lowest BCUT2D eigenvalue weighted by atomic mass is 10.1. The molecule has 0 fully saturated rings. The van der Waals surface area contributed by atoms with Gasteiger partial charge in [0.1, 0.15) is 17.2 Å². The molecule has 1 aromatic carbocycles. The minimum Gasteiger partial charge on any atom is -0.451 e. The molecule has 0 bridgehead atoms. The normalized spacial score (nSPS) is 17.0. The fraction of sp³-hybridized carbons (Fsp3) is 0.389. The number of nitrogens with zero attached hydrogens (tertiary/aromatic N) is 3. The van der Waals surface area contributed by atoms with Crippen molar-refractivity contribution in [3.63, 3.8) is 0 Å². The van der Waals surface area contributed by atoms with Crippen molar-refractivity contribution in [2.75, 3.05) is 0 Å². The van der Waals surface area contributed by atoms with Crippen molar-refractivity contribution in [1.82, 2.24) is 20.1 Å². The third-order valence-electron chi connectivity index (χ3n) is 4.72. The van der Waals surface area contributed by atoms with Gasteiger partial charge >= 0.3 is 0 Å². The van der Waals surface area contributed by atoms with E-state index in [0.717, 1.165) is 54.0 Å². The van der Waals surface area contributed by atoms with Crippen LogP contribution in [0.3, 0.4) is 0 Å². The van der Waals surface area contributed by atoms with Gasteiger partial charge in [-0.2, -0.15) is 0 Å². The Kier molecular flexibility index (Phi) is 3.59. The number of carbonyl (C=O) groups is 1. The van der Waals surface area contributed by atoms with E-state index in [4.69, 9.17) is 4.42 Å². The molecule has 4 rings (SSSR count). The van der Waals surface area contributed by atoms with Crippen molar-refractivity contribution in [2.24, 2.45) is 0 Å². The quantitative estimate of drug-likeness (QED) is 0.804. The van der Waals surface area contributed by atoms with Gasteiger partial charge in [0, 0.05) is 36.4 Å². The van der Waals surface area contributed by atoms with Gasteiger partial charge in [-0.25, -0.2) is 0 Å². The molecule has 124 valence electrons. The number of fused-ring (bicyclic) bond motifs is 2. The number of amides is 1. The van der Waals surface area contributed by atoms with E-state index in [2.05, 4.69) is 27.0 Å². The Labute approximate surface area is 139 Å². The molecule has 0 aliphatic carbocycles. The van der Waals surface area contributed by atoms with Crippen LogP contribution >= 0.6 is 0 Å². The Morgan fingerprint density at radius 2 is 2.21 bits per heavy atom. The van der Waals surface area contributed by atoms with Gasteiger partial charge in [0.05, 0.1) is 0 Å². The molecule has 3 aromatic rings. The Morgan fingerprint density at radius 1 is 1.38 bits per heavy atom. The molecule has 3 heterocycles. The Balaban J connectivity index is 1.55. The molecule has 1 aliphatic heterocycles. The number of rotatable bonds is 3. The molecule has 0 saturated carbocycles. The Bertz CT molecular complexity index is 896. The molecule has 1 atom stereocenters. The minimum atomic E-state index is -0.150. The minimum absolute atomic E-state index is 0.0684. The van der Waals surface area contributed by atoms with Crippen LogP contribution in [0.4, 0.5) is 0 Å². The molecule has 0 unspecified atom stereocenters. The molecule has 0 radical (unpaired) electrons. The summed E-state index contributed by atoms with van der Waals surface area (Å²) in [5, 5.41) is 12.5. The number of para-hydroxylation sites is 1. The number of aromatic nitrogens is 3. The SMILES string of the molecule is CCc1nnc2n1C[C@H](NC(=O)c1oc3ccccc3c1C)CC2. The summed E-state index contributed by atoms with van der Waals surface area (Å²) < 4.78 is 7.88. The number of aryl methyl sites for hydroxylation is 3. The van der Waals surface area contributed by atoms with Crippen molar-refractivity contribution in [2.45, 2.75) is 45.7 Å². The molecule has 6 nitrogen and oxygen atoms in total. The van der Waals surface area contributed by atoms with Crippen molar-refractivity contribution < 1.29 is 9.21 Å². The van der Waals surface area contributed by atoms with Gasteiger partial charge in [-0.05, 0) is 19.4 Å². The fourth-order valence-electron chi connectivity index (χ4n) is 3.40. The maximum atomic E-state index is 12.7. The van der Waals surface area contributed by atoms with E-state index in [-0.39, 0.29) is 11.9 Å². The highest BCUT2D eigenvalue weighted by Gasteiger charge is 2.26. The fourth-order valence-corrected chi connectivity index (χ4v) is 3.40. The first kappa shape index (κ1) is 14.9. The zero-order chi connectivity index (χ0) is 16.7. The lowest BCUT2D eigenvalue weighted by molar-refractivity contribution is 0.0900. The summed E-state index contributed by atoms with van der Waals surface area (Å²) >= 11 is 0. The summed E-state index contributed by atoms with van der Waals surface area (Å²) in [7, 11) is 0. The van der Waals surface area contributed by atoms with E-state index in [0.29, 0.717) is 5.76 Å². The zero-order valence-electron chi connectivity index (χ0n) is 13.9. The Morgan fingerprint density at radius 3 is 3.00 bits per heavy atom. The highest BCUT2D eigenvalue weighted by molar-refractivity contribution is 5.99. The summed E-state index contributed by atoms with van der Waals surface area (Å²) in [5.41, 5.74) is 1.64. The van der Waals surface area contributed by atoms with Crippen LogP contribution in [-0.4, -0.2) is 26.7 Å². The Hall–Kier alpha value is -2.63. The van der Waals surface area contributed by atoms with Crippen LogP contribution in [-0.2, 0) is 19.4 Å². The van der Waals surface area contributed by atoms with Crippen LogP contribution in [0.25, 0.3) is 11.0 Å². The van der Waals surface area contributed by atoms with E-state index < -0.39 is 0 Å². The van der Waals surface area contributed by atoms with Gasteiger partial charge in [0.25, 0.3) is 5.91 Å². The monoisotopic (exact) mass is 324 g/mol. The maximum absolute atomic E-state index is 12.7. The van der Waals surface area contributed by atoms with Gasteiger partial charge < -0.3 is 14.3 Å². The van der Waals surface area contributed by atoms with E-state index in [9.17, 15) is 4.79 Å². The van der Waals surface area contributed by atoms with Crippen LogP contribution in [0.15, 0.2) is 28.7 Å². The summed E-state index contributed by atoms with van der Waals surface area (Å²) in [6, 6.07) is 7.79. The lowest BCUT2D eigenvalue weighted by Crippen LogP contribution is -2.41. The molecular formula is C18H20N4O2. The second-order valence-electron chi connectivity index (χ2n) is 6.26. The maximum Gasteiger partial charge on any atom is 0.287 e. The van der Waals surface area contributed by atoms with Crippen molar-refractivity contribution >= 4 is 16.9 Å². The first-order chi connectivity index (χ1) is 11.7. The summed E-state index contributed by atoms with van der Waals surface area (Å²) in [6.45, 7) is 4.71. The van der Waals surface area contributed by atoms with Gasteiger partial charge in [-0.1, -0.05) is 25.1 Å². The molecule has 24 heavy (non-hydrogen) atoms. The van der Waals surface area contributed by atoms with E-state index in [1.165, 1.54) is 0 Å². The van der Waals surface area contributed by atoms with Crippen molar-refractivity contribution in [3.05, 3.63) is 47.2 Å². The standard InChI is InChI=1S/C18H20N4O2/c1-3-15-20-21-16-9-8-12(10-22(15)16)19-18(23)17-11(2)13-6-4-5-7-14(13)24-17/h4-7,12H,3,8-10H2,1-2H3,(H,19,23)/t12-/m1/s1. The van der Waals surface area contributed by atoms with E-state index in [1.54, 1.807) is 0 Å². The summed E-state index contributed by atoms with van der Waals surface area (Å²) in [4.78, 5) is 12.7. The molecule has 6 heteroatoms. The number of hydrogen-bond acceptors (Lipinski definition) is 4. The second kappa shape index (κ2) is 5.78. The average molecular weight is 324 g/mol. The first-order valence-electron chi connectivity index (χ1n) is 8.37. The van der Waals surface area contributed by atoms with Crippen LogP contribution in [0.5, 0.6) is 0 Å². The van der Waals surface area contributed by atoms with Crippen LogP contribution in [0.2, 0.25) is 0 Å². The molecule has 1 amide bonds. The summed E-state index contributed by atoms with van der Waals surface area (Å²) in [6.07, 6.45) is 2.54. The third kappa shape index (κ3) is 2.38. The molecule has 0 saturated heterocycles. The summed E-state index contributed by atoms with van der Waals surface area (Å²) in [5.74, 6) is 2.24. The lowest BCUT2D eigenvalue weighted by Gasteiger charge is -2.24. The number of furan rings is 1. The van der Waals surface area contributed by atoms with Crippen LogP contribution in [0, 0.1) is 6.92 Å². The molecule has 1 N–H and O–H groups in total. The number of benzene rings is 1. The predicted molar refractivity (Wildman–Crippen MR) is 89.9 cm³/mol. The average Bonchev–Trinajstić information content (AvgIpc) is 3.16. The van der Waals surface area contributed by atoms with Crippen LogP contribution < -0.4 is 5.32 Å². The topological polar surface area (TPSA) is 73.0 Å². The van der Waals surface area contributed by atoms with Gasteiger partial charge in [-0.3, -0.25) is 4.79 Å². The van der Waals surface area contributed by atoms with Crippen LogP contribution in [0.1, 0.15) is 41.1 Å². The molecular weight excluding hydrogens is 304 g/mol. The number of hydrogen-bond donors (Lipinski definition) is 1. The zero-order valence-corrected chi connectivity index (χ0v) is 13.9. The first-order valence-corrected chi connectivity index (χ1v) is 8.37. The van der Waals surface area contributed by atoms with Gasteiger partial charge in [0.2, 0.25) is 0 Å². The molecule has 0 spiro atoms. The smallest absolute Gasteiger partial charge is 0.287 e. The molecule has 2 aromatic heterocycles. The largest absolute Gasteiger partial charge is 0.451 e. The predicted octanol–water partition coefficient (Wildman–Crippen LogP) is 2.64. The van der Waals surface area contributed by atoms with Crippen molar-refractivity contribution in [1.29, 1.82) is 0 Å². The highest BCUT2D eigenvalue weighted by Crippen LogP contribution is 2.25. The van der Waals surface area contributed by atoms with E-state index in [1.807, 2.05) is 31.2 Å².